The van der Waals surface area contributed by atoms with Gasteiger partial charge in [0.15, 0.2) is 0 Å². The minimum absolute atomic E-state index is 0.0466. The van der Waals surface area contributed by atoms with E-state index < -0.39 is 24.4 Å². The molecule has 1 N–H and O–H groups in total. The third-order valence-corrected chi connectivity index (χ3v) is 5.13. The smallest absolute Gasteiger partial charge is 0.305 e. The molecule has 1 saturated heterocycles. The van der Waals surface area contributed by atoms with Gasteiger partial charge in [0.1, 0.15) is 5.69 Å². The first-order valence-corrected chi connectivity index (χ1v) is 9.47. The molecule has 3 heterocycles. The summed E-state index contributed by atoms with van der Waals surface area (Å²) in [5.41, 5.74) is 2.77. The van der Waals surface area contributed by atoms with Gasteiger partial charge < -0.3 is 14.7 Å². The zero-order chi connectivity index (χ0) is 21.2. The fraction of sp³-hybridized carbons (Fsp3) is 0.579. The number of hydrogen-bond donors (Lipinski definition) is 1. The number of aliphatic hydroxyl groups is 1. The van der Waals surface area contributed by atoms with Crippen LogP contribution in [-0.2, 0) is 29.6 Å². The lowest BCUT2D eigenvalue weighted by Crippen LogP contribution is -2.48. The van der Waals surface area contributed by atoms with Crippen LogP contribution in [0.1, 0.15) is 31.2 Å². The number of carbonyl (C=O) groups excluding carboxylic acids is 1. The Morgan fingerprint density at radius 1 is 1.41 bits per heavy atom. The Balaban J connectivity index is 1.92. The number of halogens is 2. The monoisotopic (exact) mass is 409 g/mol. The Morgan fingerprint density at radius 2 is 2.17 bits per heavy atom. The normalized spacial score (nSPS) is 18.7. The lowest BCUT2D eigenvalue weighted by molar-refractivity contribution is -0.142. The van der Waals surface area contributed by atoms with Crippen molar-refractivity contribution in [1.82, 2.24) is 20.0 Å². The first-order valence-electron chi connectivity index (χ1n) is 9.47. The van der Waals surface area contributed by atoms with E-state index in [-0.39, 0.29) is 19.4 Å². The average molecular weight is 409 g/mol. The summed E-state index contributed by atoms with van der Waals surface area (Å²) in [6.07, 6.45) is 0.141. The zero-order valence-corrected chi connectivity index (χ0v) is 16.7. The molecule has 29 heavy (non-hydrogen) atoms. The molecule has 1 atom stereocenters. The average Bonchev–Trinajstić information content (AvgIpc) is 3.06. The van der Waals surface area contributed by atoms with Crippen LogP contribution in [0, 0.1) is 5.92 Å². The molecule has 0 bridgehead atoms. The number of hydrogen-bond acceptors (Lipinski definition) is 7. The summed E-state index contributed by atoms with van der Waals surface area (Å²) in [6.45, 7) is 1.56. The van der Waals surface area contributed by atoms with E-state index in [1.807, 2.05) is 6.92 Å². The van der Waals surface area contributed by atoms with Crippen molar-refractivity contribution in [1.29, 1.82) is 0 Å². The maximum absolute atomic E-state index is 14.4. The maximum atomic E-state index is 14.4. The molecule has 10 heteroatoms. The van der Waals surface area contributed by atoms with Gasteiger partial charge in [-0.2, -0.15) is 0 Å². The van der Waals surface area contributed by atoms with Crippen molar-refractivity contribution in [3.8, 4) is 11.4 Å². The number of aryl methyl sites for hydroxylation is 2. The molecule has 3 rings (SSSR count). The Hall–Kier alpha value is -2.62. The van der Waals surface area contributed by atoms with Gasteiger partial charge in [0.25, 0.3) is 5.92 Å². The second-order valence-corrected chi connectivity index (χ2v) is 7.27. The Labute approximate surface area is 167 Å². The Morgan fingerprint density at radius 3 is 2.83 bits per heavy atom. The largest absolute Gasteiger partial charge is 0.469 e. The summed E-state index contributed by atoms with van der Waals surface area (Å²) >= 11 is 0. The summed E-state index contributed by atoms with van der Waals surface area (Å²) in [5, 5.41) is 17.5. The molecule has 1 aliphatic rings. The van der Waals surface area contributed by atoms with E-state index in [1.54, 1.807) is 24.1 Å². The van der Waals surface area contributed by atoms with Crippen LogP contribution in [0.3, 0.4) is 0 Å². The van der Waals surface area contributed by atoms with Gasteiger partial charge in [-0.25, -0.2) is 18.4 Å². The highest BCUT2D eigenvalue weighted by molar-refractivity contribution is 5.69. The van der Waals surface area contributed by atoms with E-state index >= 15 is 0 Å². The Kier molecular flexibility index (Phi) is 6.11. The molecule has 0 saturated carbocycles. The van der Waals surface area contributed by atoms with Crippen LogP contribution in [0.2, 0.25) is 0 Å². The molecule has 0 aromatic carbocycles. The van der Waals surface area contributed by atoms with E-state index in [0.717, 1.165) is 0 Å². The fourth-order valence-electron chi connectivity index (χ4n) is 3.77. The maximum Gasteiger partial charge on any atom is 0.305 e. The van der Waals surface area contributed by atoms with Gasteiger partial charge >= 0.3 is 5.97 Å². The third kappa shape index (κ3) is 4.52. The van der Waals surface area contributed by atoms with Crippen molar-refractivity contribution in [2.24, 2.45) is 13.0 Å². The number of aliphatic hydroxyl groups excluding tert-OH is 1. The van der Waals surface area contributed by atoms with Crippen molar-refractivity contribution >= 4 is 11.7 Å². The van der Waals surface area contributed by atoms with Crippen molar-refractivity contribution in [2.45, 2.75) is 38.7 Å². The molecule has 2 aromatic heterocycles. The summed E-state index contributed by atoms with van der Waals surface area (Å²) in [6, 6.07) is 3.44. The van der Waals surface area contributed by atoms with Crippen LogP contribution in [0.5, 0.6) is 0 Å². The van der Waals surface area contributed by atoms with Gasteiger partial charge in [-0.3, -0.25) is 4.79 Å². The van der Waals surface area contributed by atoms with Gasteiger partial charge in [-0.1, -0.05) is 12.1 Å². The highest BCUT2D eigenvalue weighted by atomic mass is 19.3. The molecular formula is C19H25F2N5O3. The van der Waals surface area contributed by atoms with Crippen LogP contribution < -0.4 is 4.90 Å². The van der Waals surface area contributed by atoms with Gasteiger partial charge in [-0.15, -0.1) is 5.10 Å². The van der Waals surface area contributed by atoms with Crippen molar-refractivity contribution < 1.29 is 23.4 Å². The molecule has 0 aliphatic carbocycles. The molecule has 1 aliphatic heterocycles. The summed E-state index contributed by atoms with van der Waals surface area (Å²) in [4.78, 5) is 17.8. The molecular weight excluding hydrogens is 384 g/mol. The van der Waals surface area contributed by atoms with Crippen LogP contribution in [0.25, 0.3) is 11.4 Å². The molecule has 8 nitrogen and oxygen atoms in total. The van der Waals surface area contributed by atoms with E-state index in [9.17, 15) is 18.7 Å². The number of methoxy groups -OCH3 is 1. The van der Waals surface area contributed by atoms with Gasteiger partial charge in [0.05, 0.1) is 49.5 Å². The van der Waals surface area contributed by atoms with Crippen molar-refractivity contribution in [3.05, 3.63) is 23.5 Å². The number of piperidine rings is 1. The number of ether oxygens (including phenoxy) is 1. The number of esters is 1. The van der Waals surface area contributed by atoms with Gasteiger partial charge in [-0.05, 0) is 24.5 Å². The second kappa shape index (κ2) is 8.40. The molecule has 1 unspecified atom stereocenters. The van der Waals surface area contributed by atoms with E-state index in [2.05, 4.69) is 20.0 Å². The van der Waals surface area contributed by atoms with E-state index in [0.29, 0.717) is 41.4 Å². The third-order valence-electron chi connectivity index (χ3n) is 5.13. The molecule has 2 aromatic rings. The first kappa shape index (κ1) is 21.1. The summed E-state index contributed by atoms with van der Waals surface area (Å²) in [5.74, 6) is -3.90. The van der Waals surface area contributed by atoms with Crippen molar-refractivity contribution in [2.75, 3.05) is 25.1 Å². The quantitative estimate of drug-likeness (QED) is 0.729. The number of pyridine rings is 1. The highest BCUT2D eigenvalue weighted by Crippen LogP contribution is 2.36. The van der Waals surface area contributed by atoms with Crippen molar-refractivity contribution in [3.63, 3.8) is 0 Å². The van der Waals surface area contributed by atoms with Crippen LogP contribution >= 0.6 is 0 Å². The van der Waals surface area contributed by atoms with Crippen LogP contribution in [0.4, 0.5) is 14.5 Å². The van der Waals surface area contributed by atoms with E-state index in [1.165, 1.54) is 11.8 Å². The summed E-state index contributed by atoms with van der Waals surface area (Å²) in [7, 11) is 2.93. The number of anilines is 1. The molecule has 0 amide bonds. The minimum Gasteiger partial charge on any atom is -0.469 e. The zero-order valence-electron chi connectivity index (χ0n) is 16.7. The summed E-state index contributed by atoms with van der Waals surface area (Å²) < 4.78 is 34.8. The van der Waals surface area contributed by atoms with Crippen LogP contribution in [-0.4, -0.2) is 57.2 Å². The predicted octanol–water partition coefficient (Wildman–Crippen LogP) is 1.96. The number of nitrogens with zero attached hydrogens (tertiary/aromatic N) is 5. The number of rotatable bonds is 6. The Bertz CT molecular complexity index is 887. The first-order chi connectivity index (χ1) is 13.8. The molecule has 1 fully saturated rings. The van der Waals surface area contributed by atoms with Gasteiger partial charge in [0, 0.05) is 20.0 Å². The number of carbonyl (C=O) groups is 1. The topological polar surface area (TPSA) is 93.4 Å². The predicted molar refractivity (Wildman–Crippen MR) is 101 cm³/mol. The molecule has 0 spiro atoms. The molecule has 0 radical (unpaired) electrons. The molecule has 158 valence electrons. The lowest BCUT2D eigenvalue weighted by atomic mass is 9.91. The SMILES string of the molecule is CCc1nc(-c2nnn(C)c2CO)ccc1N1CC(CC(=O)OC)CC(F)(F)C1. The number of alkyl halides is 2. The van der Waals surface area contributed by atoms with Gasteiger partial charge in [0.2, 0.25) is 0 Å². The fourth-order valence-corrected chi connectivity index (χ4v) is 3.77. The highest BCUT2D eigenvalue weighted by Gasteiger charge is 2.41. The van der Waals surface area contributed by atoms with Crippen LogP contribution in [0.15, 0.2) is 12.1 Å². The van der Waals surface area contributed by atoms with E-state index in [4.69, 9.17) is 0 Å². The minimum atomic E-state index is -2.91. The lowest BCUT2D eigenvalue weighted by Gasteiger charge is -2.39. The standard InChI is InChI=1S/C19H25F2N5O3/c1-4-13-15(6-5-14(22-13)18-16(10-27)25(2)24-23-18)26-9-12(7-17(28)29-3)8-19(20,21)11-26/h5-6,12,27H,4,7-11H2,1-3H3. The second-order valence-electron chi connectivity index (χ2n) is 7.27. The number of aromatic nitrogens is 4.